The smallest absolute Gasteiger partial charge is 0.255 e. The minimum Gasteiger partial charge on any atom is -0.493 e. The second-order valence-corrected chi connectivity index (χ2v) is 9.52. The topological polar surface area (TPSA) is 96.5 Å². The van der Waals surface area contributed by atoms with E-state index in [4.69, 9.17) is 4.74 Å². The van der Waals surface area contributed by atoms with Crippen molar-refractivity contribution in [2.75, 3.05) is 28.6 Å². The molecule has 0 spiro atoms. The first kappa shape index (κ1) is 25.9. The number of amides is 2. The lowest BCUT2D eigenvalue weighted by atomic mass is 9.94. The standard InChI is InChI=1S/C26H28FN3O4S/c1-4-34-22-15-14-21(28-24(31)18-8-6-5-7-9-18)16-23(22)35(33)30-20-12-10-19(11-13-20)29-25(32)26(2,3)17-27/h5-16,30H,4,17H2,1-3H3,(H,28,31)(H,29,32). The van der Waals surface area contributed by atoms with Crippen LogP contribution in [-0.4, -0.2) is 29.3 Å². The van der Waals surface area contributed by atoms with Crippen LogP contribution in [0.25, 0.3) is 0 Å². The summed E-state index contributed by atoms with van der Waals surface area (Å²) in [5.41, 5.74) is 0.876. The summed E-state index contributed by atoms with van der Waals surface area (Å²) in [6.45, 7) is 4.47. The van der Waals surface area contributed by atoms with E-state index in [9.17, 15) is 18.2 Å². The fourth-order valence-corrected chi connectivity index (χ4v) is 3.95. The number of hydrogen-bond donors (Lipinski definition) is 3. The first-order chi connectivity index (χ1) is 16.7. The van der Waals surface area contributed by atoms with Gasteiger partial charge >= 0.3 is 0 Å². The second-order valence-electron chi connectivity index (χ2n) is 8.33. The van der Waals surface area contributed by atoms with Crippen molar-refractivity contribution in [1.82, 2.24) is 0 Å². The van der Waals surface area contributed by atoms with Crippen LogP contribution >= 0.6 is 0 Å². The maximum absolute atomic E-state index is 13.1. The Morgan fingerprint density at radius 3 is 2.17 bits per heavy atom. The van der Waals surface area contributed by atoms with Gasteiger partial charge in [-0.15, -0.1) is 0 Å². The molecule has 3 aromatic carbocycles. The van der Waals surface area contributed by atoms with Gasteiger partial charge in [-0.3, -0.25) is 9.59 Å². The molecule has 3 N–H and O–H groups in total. The van der Waals surface area contributed by atoms with Gasteiger partial charge in [-0.1, -0.05) is 18.2 Å². The van der Waals surface area contributed by atoms with Crippen LogP contribution in [0.15, 0.2) is 77.7 Å². The van der Waals surface area contributed by atoms with Gasteiger partial charge in [0, 0.05) is 22.6 Å². The molecule has 3 aromatic rings. The van der Waals surface area contributed by atoms with E-state index in [1.54, 1.807) is 66.7 Å². The van der Waals surface area contributed by atoms with E-state index < -0.39 is 29.0 Å². The lowest BCUT2D eigenvalue weighted by Gasteiger charge is -2.19. The van der Waals surface area contributed by atoms with Gasteiger partial charge in [0.15, 0.2) is 11.0 Å². The predicted molar refractivity (Wildman–Crippen MR) is 137 cm³/mol. The lowest BCUT2D eigenvalue weighted by Crippen LogP contribution is -2.32. The molecule has 9 heteroatoms. The van der Waals surface area contributed by atoms with Crippen molar-refractivity contribution in [3.05, 3.63) is 78.4 Å². The molecule has 0 fully saturated rings. The number of rotatable bonds is 10. The molecule has 35 heavy (non-hydrogen) atoms. The predicted octanol–water partition coefficient (Wildman–Crippen LogP) is 5.41. The summed E-state index contributed by atoms with van der Waals surface area (Å²) in [5.74, 6) is -0.290. The Morgan fingerprint density at radius 2 is 1.54 bits per heavy atom. The maximum atomic E-state index is 13.1. The molecule has 0 saturated carbocycles. The first-order valence-corrected chi connectivity index (χ1v) is 12.2. The molecule has 0 saturated heterocycles. The number of nitrogens with one attached hydrogen (secondary N) is 3. The van der Waals surface area contributed by atoms with Gasteiger partial charge in [0.25, 0.3) is 5.91 Å². The fourth-order valence-electron chi connectivity index (χ4n) is 2.94. The molecule has 7 nitrogen and oxygen atoms in total. The van der Waals surface area contributed by atoms with Crippen LogP contribution in [0.1, 0.15) is 31.1 Å². The van der Waals surface area contributed by atoms with Gasteiger partial charge in [-0.25, -0.2) is 8.60 Å². The minimum absolute atomic E-state index is 0.284. The van der Waals surface area contributed by atoms with E-state index in [0.717, 1.165) is 0 Å². The minimum atomic E-state index is -1.71. The largest absolute Gasteiger partial charge is 0.493 e. The van der Waals surface area contributed by atoms with Crippen molar-refractivity contribution < 1.29 is 22.9 Å². The monoisotopic (exact) mass is 497 g/mol. The van der Waals surface area contributed by atoms with Crippen LogP contribution in [-0.2, 0) is 15.8 Å². The van der Waals surface area contributed by atoms with Crippen molar-refractivity contribution >= 4 is 39.9 Å². The number of ether oxygens (including phenoxy) is 1. The van der Waals surface area contributed by atoms with Crippen molar-refractivity contribution in [3.8, 4) is 5.75 Å². The van der Waals surface area contributed by atoms with Crippen LogP contribution in [0, 0.1) is 5.41 Å². The number of hydrogen-bond acceptors (Lipinski definition) is 4. The van der Waals surface area contributed by atoms with Crippen LogP contribution in [0.4, 0.5) is 21.5 Å². The summed E-state index contributed by atoms with van der Waals surface area (Å²) in [4.78, 5) is 25.0. The second kappa shape index (κ2) is 11.6. The number of benzene rings is 3. The Hall–Kier alpha value is -3.72. The summed E-state index contributed by atoms with van der Waals surface area (Å²) in [5, 5.41) is 5.47. The third-order valence-corrected chi connectivity index (χ3v) is 6.18. The number of alkyl halides is 1. The van der Waals surface area contributed by atoms with Crippen molar-refractivity contribution in [1.29, 1.82) is 0 Å². The highest BCUT2D eigenvalue weighted by molar-refractivity contribution is 7.86. The zero-order valence-electron chi connectivity index (χ0n) is 19.8. The molecule has 0 bridgehead atoms. The molecule has 0 aliphatic rings. The maximum Gasteiger partial charge on any atom is 0.255 e. The van der Waals surface area contributed by atoms with Gasteiger partial charge in [0.1, 0.15) is 17.3 Å². The number of anilines is 3. The molecular formula is C26H28FN3O4S. The number of carbonyl (C=O) groups excluding carboxylic acids is 2. The normalized spacial score (nSPS) is 11.9. The Labute approximate surface area is 206 Å². The third-order valence-electron chi connectivity index (χ3n) is 5.04. The van der Waals surface area contributed by atoms with Crippen molar-refractivity contribution in [2.24, 2.45) is 5.41 Å². The zero-order valence-corrected chi connectivity index (χ0v) is 20.6. The summed E-state index contributed by atoms with van der Waals surface area (Å²) >= 11 is 0. The number of halogens is 1. The Kier molecular flexibility index (Phi) is 8.59. The van der Waals surface area contributed by atoms with Gasteiger partial charge in [-0.2, -0.15) is 0 Å². The quantitative estimate of drug-likeness (QED) is 0.349. The van der Waals surface area contributed by atoms with E-state index >= 15 is 0 Å². The summed E-state index contributed by atoms with van der Waals surface area (Å²) in [6.07, 6.45) is 0. The van der Waals surface area contributed by atoms with E-state index in [2.05, 4.69) is 15.4 Å². The molecule has 0 radical (unpaired) electrons. The van der Waals surface area contributed by atoms with Crippen molar-refractivity contribution in [3.63, 3.8) is 0 Å². The van der Waals surface area contributed by atoms with Gasteiger partial charge < -0.3 is 20.1 Å². The average Bonchev–Trinajstić information content (AvgIpc) is 2.86. The molecule has 1 unspecified atom stereocenters. The Bertz CT molecular complexity index is 1200. The highest BCUT2D eigenvalue weighted by Crippen LogP contribution is 2.28. The average molecular weight is 498 g/mol. The highest BCUT2D eigenvalue weighted by Gasteiger charge is 2.27. The molecule has 0 aromatic heterocycles. The number of carbonyl (C=O) groups is 2. The molecular weight excluding hydrogens is 469 g/mol. The third kappa shape index (κ3) is 6.89. The van der Waals surface area contributed by atoms with Gasteiger partial charge in [0.05, 0.1) is 12.0 Å². The lowest BCUT2D eigenvalue weighted by molar-refractivity contribution is -0.124. The molecule has 0 heterocycles. The fraction of sp³-hybridized carbons (Fsp3) is 0.231. The molecule has 1 atom stereocenters. The van der Waals surface area contributed by atoms with E-state index in [1.165, 1.54) is 13.8 Å². The van der Waals surface area contributed by atoms with E-state index in [-0.39, 0.29) is 5.91 Å². The molecule has 0 aliphatic carbocycles. The van der Waals surface area contributed by atoms with E-state index in [1.807, 2.05) is 13.0 Å². The zero-order chi connectivity index (χ0) is 25.4. The van der Waals surface area contributed by atoms with E-state index in [0.29, 0.717) is 39.9 Å². The van der Waals surface area contributed by atoms with Crippen LogP contribution in [0.2, 0.25) is 0 Å². The molecule has 184 valence electrons. The van der Waals surface area contributed by atoms with Crippen LogP contribution in [0.5, 0.6) is 5.75 Å². The van der Waals surface area contributed by atoms with Crippen LogP contribution in [0.3, 0.4) is 0 Å². The summed E-state index contributed by atoms with van der Waals surface area (Å²) in [7, 11) is -1.71. The highest BCUT2D eigenvalue weighted by atomic mass is 32.2. The first-order valence-electron chi connectivity index (χ1n) is 11.0. The summed E-state index contributed by atoms with van der Waals surface area (Å²) < 4.78 is 34.7. The Morgan fingerprint density at radius 1 is 0.914 bits per heavy atom. The van der Waals surface area contributed by atoms with Gasteiger partial charge in [-0.05, 0) is 75.4 Å². The molecule has 0 aliphatic heterocycles. The van der Waals surface area contributed by atoms with Gasteiger partial charge in [0.2, 0.25) is 5.91 Å². The van der Waals surface area contributed by atoms with Crippen molar-refractivity contribution in [2.45, 2.75) is 25.7 Å². The van der Waals surface area contributed by atoms with Crippen LogP contribution < -0.4 is 20.1 Å². The summed E-state index contributed by atoms with van der Waals surface area (Å²) in [6, 6.07) is 20.3. The SMILES string of the molecule is CCOc1ccc(NC(=O)c2ccccc2)cc1S(=O)Nc1ccc(NC(=O)C(C)(C)CF)cc1. The molecule has 2 amide bonds. The Balaban J connectivity index is 1.74. The molecule has 3 rings (SSSR count).